The molecule has 0 aliphatic rings. The van der Waals surface area contributed by atoms with Crippen molar-refractivity contribution < 1.29 is 0 Å². The van der Waals surface area contributed by atoms with Gasteiger partial charge in [-0.3, -0.25) is 9.67 Å². The molecule has 0 aliphatic carbocycles. The molecule has 20 heavy (non-hydrogen) atoms. The summed E-state index contributed by atoms with van der Waals surface area (Å²) in [6, 6.07) is 2.44. The van der Waals surface area contributed by atoms with Gasteiger partial charge in [-0.2, -0.15) is 5.10 Å². The van der Waals surface area contributed by atoms with Gasteiger partial charge in [0.1, 0.15) is 0 Å². The zero-order chi connectivity index (χ0) is 15.0. The molecule has 114 valence electrons. The fourth-order valence-corrected chi connectivity index (χ4v) is 2.08. The number of aliphatic imine (C=N–C) groups is 1. The molecule has 0 amide bonds. The maximum absolute atomic E-state index is 4.27. The highest BCUT2D eigenvalue weighted by Gasteiger charge is 2.06. The van der Waals surface area contributed by atoms with Crippen LogP contribution in [0.4, 0.5) is 0 Å². The Labute approximate surface area is 122 Å². The number of guanidine groups is 1. The lowest BCUT2D eigenvalue weighted by molar-refractivity contribution is 0.491. The van der Waals surface area contributed by atoms with Gasteiger partial charge in [-0.05, 0) is 25.3 Å². The van der Waals surface area contributed by atoms with Crippen LogP contribution in [0.5, 0.6) is 0 Å². The molecule has 0 saturated carbocycles. The molecule has 1 aromatic rings. The highest BCUT2D eigenvalue weighted by Crippen LogP contribution is 2.08. The van der Waals surface area contributed by atoms with Gasteiger partial charge < -0.3 is 10.6 Å². The lowest BCUT2D eigenvalue weighted by Gasteiger charge is -2.18. The number of aryl methyl sites for hydroxylation is 1. The van der Waals surface area contributed by atoms with Crippen molar-refractivity contribution >= 4 is 5.96 Å². The van der Waals surface area contributed by atoms with Crippen molar-refractivity contribution in [3.63, 3.8) is 0 Å². The molecule has 2 N–H and O–H groups in total. The van der Waals surface area contributed by atoms with Gasteiger partial charge in [0.15, 0.2) is 5.96 Å². The van der Waals surface area contributed by atoms with Crippen molar-refractivity contribution in [1.82, 2.24) is 20.4 Å². The van der Waals surface area contributed by atoms with E-state index >= 15 is 0 Å². The first-order chi connectivity index (χ1) is 9.52. The number of rotatable bonds is 7. The van der Waals surface area contributed by atoms with Gasteiger partial charge >= 0.3 is 0 Å². The zero-order valence-corrected chi connectivity index (χ0v) is 13.5. The van der Waals surface area contributed by atoms with Crippen molar-refractivity contribution in [3.05, 3.63) is 18.0 Å². The smallest absolute Gasteiger partial charge is 0.191 e. The van der Waals surface area contributed by atoms with E-state index in [0.717, 1.165) is 24.1 Å². The first kappa shape index (κ1) is 16.5. The van der Waals surface area contributed by atoms with Gasteiger partial charge in [-0.25, -0.2) is 0 Å². The Morgan fingerprint density at radius 2 is 2.10 bits per heavy atom. The molecule has 5 heteroatoms. The molecule has 0 fully saturated rings. The average molecular weight is 279 g/mol. The zero-order valence-electron chi connectivity index (χ0n) is 13.5. The lowest BCUT2D eigenvalue weighted by Crippen LogP contribution is -2.42. The Hall–Kier alpha value is -1.52. The molecule has 0 bridgehead atoms. The fourth-order valence-electron chi connectivity index (χ4n) is 2.08. The predicted molar refractivity (Wildman–Crippen MR) is 84.7 cm³/mol. The third-order valence-electron chi connectivity index (χ3n) is 3.38. The molecule has 1 rings (SSSR count). The predicted octanol–water partition coefficient (Wildman–Crippen LogP) is 2.30. The normalized spacial score (nSPS) is 13.6. The number of nitrogens with one attached hydrogen (secondary N) is 2. The van der Waals surface area contributed by atoms with Crippen LogP contribution in [0.1, 0.15) is 45.7 Å². The maximum Gasteiger partial charge on any atom is 0.191 e. The second-order valence-corrected chi connectivity index (χ2v) is 5.74. The van der Waals surface area contributed by atoms with E-state index in [1.54, 1.807) is 7.05 Å². The molecule has 5 nitrogen and oxygen atoms in total. The van der Waals surface area contributed by atoms with E-state index < -0.39 is 0 Å². The molecule has 0 saturated heterocycles. The topological polar surface area (TPSA) is 54.2 Å². The van der Waals surface area contributed by atoms with Crippen LogP contribution in [0, 0.1) is 5.92 Å². The Bertz CT molecular complexity index is 408. The molecule has 0 radical (unpaired) electrons. The van der Waals surface area contributed by atoms with Crippen LogP contribution in [0.3, 0.4) is 0 Å². The van der Waals surface area contributed by atoms with Crippen molar-refractivity contribution in [2.45, 2.75) is 52.6 Å². The molecule has 0 aromatic carbocycles. The third kappa shape index (κ3) is 6.08. The molecular formula is C15H29N5. The van der Waals surface area contributed by atoms with Crippen molar-refractivity contribution in [2.24, 2.45) is 18.0 Å². The van der Waals surface area contributed by atoms with Gasteiger partial charge in [0.25, 0.3) is 0 Å². The van der Waals surface area contributed by atoms with E-state index in [1.165, 1.54) is 19.3 Å². The van der Waals surface area contributed by atoms with Crippen LogP contribution < -0.4 is 10.6 Å². The summed E-state index contributed by atoms with van der Waals surface area (Å²) >= 11 is 0. The Morgan fingerprint density at radius 1 is 1.35 bits per heavy atom. The van der Waals surface area contributed by atoms with Crippen LogP contribution in [-0.4, -0.2) is 28.8 Å². The highest BCUT2D eigenvalue weighted by molar-refractivity contribution is 5.79. The largest absolute Gasteiger partial charge is 0.354 e. The summed E-state index contributed by atoms with van der Waals surface area (Å²) in [4.78, 5) is 4.27. The average Bonchev–Trinajstić information content (AvgIpc) is 2.79. The summed E-state index contributed by atoms with van der Waals surface area (Å²) in [6.07, 6.45) is 5.52. The van der Waals surface area contributed by atoms with Crippen LogP contribution in [0.25, 0.3) is 0 Å². The van der Waals surface area contributed by atoms with Crippen LogP contribution in [-0.2, 0) is 13.6 Å². The third-order valence-corrected chi connectivity index (χ3v) is 3.38. The van der Waals surface area contributed by atoms with E-state index in [1.807, 2.05) is 24.0 Å². The SMILES string of the molecule is CN=C(NCc1ccnn1C)NC(C)CCCC(C)C. The van der Waals surface area contributed by atoms with Crippen LogP contribution >= 0.6 is 0 Å². The molecular weight excluding hydrogens is 250 g/mol. The molecule has 1 unspecified atom stereocenters. The summed E-state index contributed by atoms with van der Waals surface area (Å²) < 4.78 is 1.87. The second kappa shape index (κ2) is 8.61. The van der Waals surface area contributed by atoms with E-state index in [-0.39, 0.29) is 0 Å². The highest BCUT2D eigenvalue weighted by atomic mass is 15.3. The quantitative estimate of drug-likeness (QED) is 0.595. The van der Waals surface area contributed by atoms with E-state index in [2.05, 4.69) is 41.5 Å². The standard InChI is InChI=1S/C15H29N5/c1-12(2)7-6-8-13(3)19-15(16-4)17-11-14-9-10-18-20(14)5/h9-10,12-13H,6-8,11H2,1-5H3,(H2,16,17,19). The van der Waals surface area contributed by atoms with Gasteiger partial charge in [0.2, 0.25) is 0 Å². The van der Waals surface area contributed by atoms with E-state index in [0.29, 0.717) is 6.04 Å². The monoisotopic (exact) mass is 279 g/mol. The van der Waals surface area contributed by atoms with Crippen LogP contribution in [0.15, 0.2) is 17.3 Å². The summed E-state index contributed by atoms with van der Waals surface area (Å²) in [7, 11) is 3.75. The van der Waals surface area contributed by atoms with E-state index in [4.69, 9.17) is 0 Å². The van der Waals surface area contributed by atoms with Crippen LogP contribution in [0.2, 0.25) is 0 Å². The first-order valence-electron chi connectivity index (χ1n) is 7.47. The first-order valence-corrected chi connectivity index (χ1v) is 7.47. The summed E-state index contributed by atoms with van der Waals surface area (Å²) in [6.45, 7) is 7.48. The number of hydrogen-bond acceptors (Lipinski definition) is 2. The molecule has 0 aliphatic heterocycles. The van der Waals surface area contributed by atoms with Gasteiger partial charge in [0, 0.05) is 26.3 Å². The molecule has 1 aromatic heterocycles. The Balaban J connectivity index is 2.30. The maximum atomic E-state index is 4.27. The fraction of sp³-hybridized carbons (Fsp3) is 0.733. The number of aromatic nitrogens is 2. The van der Waals surface area contributed by atoms with Crippen molar-refractivity contribution in [3.8, 4) is 0 Å². The molecule has 1 atom stereocenters. The van der Waals surface area contributed by atoms with E-state index in [9.17, 15) is 0 Å². The van der Waals surface area contributed by atoms with Gasteiger partial charge in [-0.1, -0.05) is 26.7 Å². The van der Waals surface area contributed by atoms with Crippen molar-refractivity contribution in [2.75, 3.05) is 7.05 Å². The summed E-state index contributed by atoms with van der Waals surface area (Å²) in [5, 5.41) is 10.9. The van der Waals surface area contributed by atoms with Crippen molar-refractivity contribution in [1.29, 1.82) is 0 Å². The molecule has 1 heterocycles. The Morgan fingerprint density at radius 3 is 2.65 bits per heavy atom. The summed E-state index contributed by atoms with van der Waals surface area (Å²) in [5.74, 6) is 1.63. The minimum absolute atomic E-state index is 0.437. The Kier molecular flexibility index (Phi) is 7.12. The number of hydrogen-bond donors (Lipinski definition) is 2. The number of nitrogens with zero attached hydrogens (tertiary/aromatic N) is 3. The second-order valence-electron chi connectivity index (χ2n) is 5.74. The van der Waals surface area contributed by atoms with Gasteiger partial charge in [-0.15, -0.1) is 0 Å². The van der Waals surface area contributed by atoms with Gasteiger partial charge in [0.05, 0.1) is 12.2 Å². The minimum Gasteiger partial charge on any atom is -0.354 e. The lowest BCUT2D eigenvalue weighted by atomic mass is 10.0. The molecule has 0 spiro atoms. The minimum atomic E-state index is 0.437. The summed E-state index contributed by atoms with van der Waals surface area (Å²) in [5.41, 5.74) is 1.14.